The monoisotopic (exact) mass is 753 g/mol. The van der Waals surface area contributed by atoms with Gasteiger partial charge in [0.2, 0.25) is 0 Å². The van der Waals surface area contributed by atoms with Crippen molar-refractivity contribution in [3.63, 3.8) is 0 Å². The molecule has 0 unspecified atom stereocenters. The molecule has 1 heterocycles. The molecule has 0 atom stereocenters. The molecule has 10 aromatic carbocycles. The van der Waals surface area contributed by atoms with Crippen LogP contribution >= 0.6 is 0 Å². The van der Waals surface area contributed by atoms with Gasteiger partial charge in [-0.15, -0.1) is 0 Å². The molecule has 2 nitrogen and oxygen atoms in total. The van der Waals surface area contributed by atoms with Crippen LogP contribution in [0.4, 0.5) is 17.1 Å². The Balaban J connectivity index is 1.06. The van der Waals surface area contributed by atoms with E-state index in [0.29, 0.717) is 0 Å². The summed E-state index contributed by atoms with van der Waals surface area (Å²) in [5.41, 5.74) is 14.8. The predicted octanol–water partition coefficient (Wildman–Crippen LogP) is 16.2. The van der Waals surface area contributed by atoms with Gasteiger partial charge in [-0.25, -0.2) is 0 Å². The van der Waals surface area contributed by atoms with Crippen molar-refractivity contribution in [3.8, 4) is 33.4 Å². The summed E-state index contributed by atoms with van der Waals surface area (Å²) in [5, 5.41) is 9.71. The quantitative estimate of drug-likeness (QED) is 0.163. The summed E-state index contributed by atoms with van der Waals surface area (Å²) in [6, 6.07) is 73.2. The van der Waals surface area contributed by atoms with Gasteiger partial charge < -0.3 is 9.32 Å². The van der Waals surface area contributed by atoms with E-state index in [1.54, 1.807) is 0 Å². The first kappa shape index (κ1) is 33.7. The predicted molar refractivity (Wildman–Crippen MR) is 249 cm³/mol. The highest BCUT2D eigenvalue weighted by atomic mass is 16.3. The Hall–Kier alpha value is -7.42. The molecular weight excluding hydrogens is 715 g/mol. The molecule has 11 aromatic rings. The highest BCUT2D eigenvalue weighted by Crippen LogP contribution is 2.55. The van der Waals surface area contributed by atoms with Crippen LogP contribution in [0.3, 0.4) is 0 Å². The minimum Gasteiger partial charge on any atom is -0.455 e. The molecule has 0 saturated heterocycles. The number of hydrogen-bond acceptors (Lipinski definition) is 2. The molecule has 1 aliphatic rings. The van der Waals surface area contributed by atoms with Crippen LogP contribution in [-0.4, -0.2) is 0 Å². The van der Waals surface area contributed by atoms with E-state index < -0.39 is 0 Å². The molecule has 278 valence electrons. The maximum absolute atomic E-state index is 6.84. The molecule has 2 heteroatoms. The van der Waals surface area contributed by atoms with Crippen molar-refractivity contribution in [2.24, 2.45) is 0 Å². The number of hydrogen-bond donors (Lipinski definition) is 0. The van der Waals surface area contributed by atoms with Crippen LogP contribution in [0, 0.1) is 0 Å². The Morgan fingerprint density at radius 1 is 0.390 bits per heavy atom. The van der Waals surface area contributed by atoms with Crippen LogP contribution in [0.5, 0.6) is 0 Å². The standard InChI is InChI=1S/C57H39NO/c1-57(2)50-21-9-7-18-48(50)55-51(57)22-12-24-53(55)58(42-30-27-36(28-31-42)40-29-32-44-41(33-40)26-25-37-13-5-6-16-43(37)44)52-23-10-8-17-45(52)46-19-11-20-47-49-34-38-14-3-4-15-39(38)35-54(49)59-56(46)47/h3-35H,1-2H3. The lowest BCUT2D eigenvalue weighted by atomic mass is 9.82. The lowest BCUT2D eigenvalue weighted by Gasteiger charge is -2.30. The smallest absolute Gasteiger partial charge is 0.143 e. The van der Waals surface area contributed by atoms with Gasteiger partial charge in [0.05, 0.1) is 11.4 Å². The summed E-state index contributed by atoms with van der Waals surface area (Å²) < 4.78 is 6.84. The third kappa shape index (κ3) is 5.13. The first-order valence-electron chi connectivity index (χ1n) is 20.5. The zero-order chi connectivity index (χ0) is 39.2. The van der Waals surface area contributed by atoms with Gasteiger partial charge in [-0.05, 0) is 103 Å². The van der Waals surface area contributed by atoms with Gasteiger partial charge in [0.1, 0.15) is 11.2 Å². The molecule has 59 heavy (non-hydrogen) atoms. The molecule has 1 aromatic heterocycles. The fourth-order valence-corrected chi connectivity index (χ4v) is 9.92. The summed E-state index contributed by atoms with van der Waals surface area (Å²) in [4.78, 5) is 2.47. The van der Waals surface area contributed by atoms with Crippen LogP contribution in [-0.2, 0) is 5.41 Å². The number of nitrogens with zero attached hydrogens (tertiary/aromatic N) is 1. The first-order chi connectivity index (χ1) is 29.0. The average molecular weight is 754 g/mol. The molecular formula is C57H39NO. The first-order valence-corrected chi connectivity index (χ1v) is 20.5. The molecule has 0 amide bonds. The Bertz CT molecular complexity index is 3480. The maximum atomic E-state index is 6.84. The van der Waals surface area contributed by atoms with Gasteiger partial charge in [-0.2, -0.15) is 0 Å². The topological polar surface area (TPSA) is 16.4 Å². The number of furan rings is 1. The van der Waals surface area contributed by atoms with Crippen molar-refractivity contribution in [1.29, 1.82) is 0 Å². The Morgan fingerprint density at radius 2 is 1.00 bits per heavy atom. The Labute approximate surface area is 343 Å². The number of para-hydroxylation sites is 2. The van der Waals surface area contributed by atoms with E-state index in [4.69, 9.17) is 4.42 Å². The Kier molecular flexibility index (Phi) is 7.31. The molecule has 0 saturated carbocycles. The molecule has 0 radical (unpaired) electrons. The molecule has 0 spiro atoms. The number of benzene rings is 10. The summed E-state index contributed by atoms with van der Waals surface area (Å²) in [6.45, 7) is 4.71. The summed E-state index contributed by atoms with van der Waals surface area (Å²) in [5.74, 6) is 0. The minimum absolute atomic E-state index is 0.137. The van der Waals surface area contributed by atoms with Gasteiger partial charge >= 0.3 is 0 Å². The van der Waals surface area contributed by atoms with Crippen LogP contribution in [0.25, 0.3) is 87.6 Å². The van der Waals surface area contributed by atoms with Gasteiger partial charge in [0.15, 0.2) is 0 Å². The molecule has 0 aliphatic heterocycles. The van der Waals surface area contributed by atoms with E-state index in [9.17, 15) is 0 Å². The van der Waals surface area contributed by atoms with Crippen LogP contribution in [0.15, 0.2) is 205 Å². The zero-order valence-electron chi connectivity index (χ0n) is 32.9. The van der Waals surface area contributed by atoms with Crippen molar-refractivity contribution in [1.82, 2.24) is 0 Å². The lowest BCUT2D eigenvalue weighted by molar-refractivity contribution is 0.660. The molecule has 0 N–H and O–H groups in total. The van der Waals surface area contributed by atoms with E-state index >= 15 is 0 Å². The molecule has 0 fully saturated rings. The van der Waals surface area contributed by atoms with Crippen molar-refractivity contribution < 1.29 is 4.42 Å². The number of rotatable bonds is 5. The molecule has 12 rings (SSSR count). The van der Waals surface area contributed by atoms with E-state index in [1.165, 1.54) is 65.7 Å². The number of anilines is 3. The average Bonchev–Trinajstić information content (AvgIpc) is 3.77. The van der Waals surface area contributed by atoms with Crippen LogP contribution in [0.1, 0.15) is 25.0 Å². The van der Waals surface area contributed by atoms with Gasteiger partial charge in [-0.1, -0.05) is 172 Å². The normalized spacial score (nSPS) is 13.1. The van der Waals surface area contributed by atoms with Crippen LogP contribution in [0.2, 0.25) is 0 Å². The zero-order valence-corrected chi connectivity index (χ0v) is 32.9. The van der Waals surface area contributed by atoms with Crippen LogP contribution < -0.4 is 4.90 Å². The highest BCUT2D eigenvalue weighted by Gasteiger charge is 2.38. The number of fused-ring (bicyclic) bond motifs is 10. The van der Waals surface area contributed by atoms with Crippen molar-refractivity contribution in [3.05, 3.63) is 211 Å². The second-order valence-electron chi connectivity index (χ2n) is 16.5. The van der Waals surface area contributed by atoms with E-state index in [-0.39, 0.29) is 5.41 Å². The summed E-state index contributed by atoms with van der Waals surface area (Å²) >= 11 is 0. The fourth-order valence-electron chi connectivity index (χ4n) is 9.92. The van der Waals surface area contributed by atoms with E-state index in [0.717, 1.165) is 50.1 Å². The van der Waals surface area contributed by atoms with E-state index in [2.05, 4.69) is 219 Å². The summed E-state index contributed by atoms with van der Waals surface area (Å²) in [6.07, 6.45) is 0. The van der Waals surface area contributed by atoms with E-state index in [1.807, 2.05) is 0 Å². The maximum Gasteiger partial charge on any atom is 0.143 e. The lowest BCUT2D eigenvalue weighted by Crippen LogP contribution is -2.16. The van der Waals surface area contributed by atoms with Crippen molar-refractivity contribution in [2.75, 3.05) is 4.90 Å². The van der Waals surface area contributed by atoms with Crippen molar-refractivity contribution in [2.45, 2.75) is 19.3 Å². The molecule has 0 bridgehead atoms. The third-order valence-electron chi connectivity index (χ3n) is 12.8. The molecule has 1 aliphatic carbocycles. The Morgan fingerprint density at radius 3 is 1.86 bits per heavy atom. The highest BCUT2D eigenvalue weighted by molar-refractivity contribution is 6.14. The largest absolute Gasteiger partial charge is 0.455 e. The van der Waals surface area contributed by atoms with Gasteiger partial charge in [0, 0.05) is 38.6 Å². The van der Waals surface area contributed by atoms with Gasteiger partial charge in [0.25, 0.3) is 0 Å². The van der Waals surface area contributed by atoms with Crippen molar-refractivity contribution >= 4 is 71.3 Å². The third-order valence-corrected chi connectivity index (χ3v) is 12.8. The SMILES string of the molecule is CC1(C)c2ccccc2-c2c(N(c3ccc(-c4ccc5c(ccc6ccccc65)c4)cc3)c3ccccc3-c3cccc4c3oc3cc5ccccc5cc34)cccc21. The summed E-state index contributed by atoms with van der Waals surface area (Å²) in [7, 11) is 0. The fraction of sp³-hybridized carbons (Fsp3) is 0.0526. The van der Waals surface area contributed by atoms with Gasteiger partial charge in [-0.3, -0.25) is 0 Å². The second-order valence-corrected chi connectivity index (χ2v) is 16.5. The minimum atomic E-state index is -0.137. The second kappa shape index (κ2) is 12.8.